The first-order valence-electron chi connectivity index (χ1n) is 11.5. The second kappa shape index (κ2) is 8.65. The third-order valence-corrected chi connectivity index (χ3v) is 6.81. The van der Waals surface area contributed by atoms with Crippen LogP contribution in [0.3, 0.4) is 0 Å². The summed E-state index contributed by atoms with van der Waals surface area (Å²) in [5, 5.41) is 14.6. The molecule has 4 rings (SSSR count). The number of halogens is 1. The Morgan fingerprint density at radius 1 is 1.19 bits per heavy atom. The van der Waals surface area contributed by atoms with Crippen LogP contribution in [0.2, 0.25) is 0 Å². The van der Waals surface area contributed by atoms with Gasteiger partial charge in [-0.1, -0.05) is 33.6 Å². The topological polar surface area (TPSA) is 82.0 Å². The zero-order valence-corrected chi connectivity index (χ0v) is 19.1. The molecular formula is C24H31FN4O3. The highest BCUT2D eigenvalue weighted by Gasteiger charge is 2.26. The van der Waals surface area contributed by atoms with Crippen molar-refractivity contribution in [3.05, 3.63) is 56.4 Å². The van der Waals surface area contributed by atoms with E-state index in [1.807, 2.05) is 24.6 Å². The monoisotopic (exact) mass is 442 g/mol. The fraction of sp³-hybridized carbons (Fsp3) is 0.542. The highest BCUT2D eigenvalue weighted by molar-refractivity contribution is 5.87. The average molecular weight is 443 g/mol. The fourth-order valence-corrected chi connectivity index (χ4v) is 5.00. The number of aliphatic hydroxyl groups is 1. The number of aromatic nitrogens is 4. The van der Waals surface area contributed by atoms with Gasteiger partial charge in [0.1, 0.15) is 18.1 Å². The summed E-state index contributed by atoms with van der Waals surface area (Å²) in [7, 11) is 0. The highest BCUT2D eigenvalue weighted by atomic mass is 19.1. The minimum Gasteiger partial charge on any atom is -0.388 e. The molecule has 0 spiro atoms. The molecule has 2 atom stereocenters. The largest absolute Gasteiger partial charge is 0.388 e. The molecule has 0 bridgehead atoms. The molecule has 0 amide bonds. The van der Waals surface area contributed by atoms with Crippen LogP contribution in [0.15, 0.2) is 27.9 Å². The van der Waals surface area contributed by atoms with Crippen LogP contribution in [0.25, 0.3) is 16.5 Å². The third kappa shape index (κ3) is 3.60. The lowest BCUT2D eigenvalue weighted by molar-refractivity contribution is 0.252. The molecule has 1 aromatic carbocycles. The molecule has 2 heterocycles. The van der Waals surface area contributed by atoms with Crippen LogP contribution in [0.5, 0.6) is 0 Å². The molecule has 1 aliphatic carbocycles. The van der Waals surface area contributed by atoms with E-state index in [4.69, 9.17) is 0 Å². The van der Waals surface area contributed by atoms with E-state index in [9.17, 15) is 14.7 Å². The van der Waals surface area contributed by atoms with E-state index >= 15 is 4.39 Å². The summed E-state index contributed by atoms with van der Waals surface area (Å²) in [4.78, 5) is 26.2. The molecule has 1 fully saturated rings. The molecule has 172 valence electrons. The minimum absolute atomic E-state index is 0.0190. The van der Waals surface area contributed by atoms with Crippen molar-refractivity contribution in [2.24, 2.45) is 5.92 Å². The number of benzene rings is 1. The Kier molecular flexibility index (Phi) is 6.07. The van der Waals surface area contributed by atoms with Crippen LogP contribution < -0.4 is 11.2 Å². The molecular weight excluding hydrogens is 411 g/mol. The number of pyridine rings is 1. The Morgan fingerprint density at radius 2 is 1.91 bits per heavy atom. The molecule has 2 aromatic heterocycles. The number of aliphatic hydroxyl groups excluding tert-OH is 1. The highest BCUT2D eigenvalue weighted by Crippen LogP contribution is 2.35. The third-order valence-electron chi connectivity index (χ3n) is 6.81. The summed E-state index contributed by atoms with van der Waals surface area (Å²) in [6.07, 6.45) is 6.20. The molecule has 3 aromatic rings. The van der Waals surface area contributed by atoms with Gasteiger partial charge in [0, 0.05) is 18.8 Å². The van der Waals surface area contributed by atoms with Crippen LogP contribution >= 0.6 is 0 Å². The summed E-state index contributed by atoms with van der Waals surface area (Å²) in [5.41, 5.74) is 0.194. The number of hydrogen-bond donors (Lipinski definition) is 1. The summed E-state index contributed by atoms with van der Waals surface area (Å²) in [6, 6.07) is 2.89. The Labute approximate surface area is 186 Å². The molecule has 0 radical (unpaired) electrons. The Morgan fingerprint density at radius 3 is 2.50 bits per heavy atom. The van der Waals surface area contributed by atoms with Gasteiger partial charge in [0.15, 0.2) is 5.82 Å². The maximum atomic E-state index is 15.3. The van der Waals surface area contributed by atoms with Gasteiger partial charge in [-0.25, -0.2) is 9.18 Å². The van der Waals surface area contributed by atoms with Gasteiger partial charge in [-0.3, -0.25) is 9.36 Å². The molecule has 8 heteroatoms. The van der Waals surface area contributed by atoms with Gasteiger partial charge >= 0.3 is 5.69 Å². The van der Waals surface area contributed by atoms with Gasteiger partial charge in [-0.15, -0.1) is 5.10 Å². The van der Waals surface area contributed by atoms with Crippen LogP contribution in [0.1, 0.15) is 76.7 Å². The van der Waals surface area contributed by atoms with Crippen molar-refractivity contribution < 1.29 is 9.50 Å². The molecule has 0 aliphatic heterocycles. The quantitative estimate of drug-likeness (QED) is 0.650. The Hall–Kier alpha value is -2.74. The first-order valence-corrected chi connectivity index (χ1v) is 11.5. The maximum absolute atomic E-state index is 15.3. The molecule has 1 N–H and O–H groups in total. The molecule has 7 nitrogen and oxygen atoms in total. The van der Waals surface area contributed by atoms with Gasteiger partial charge in [-0.05, 0) is 54.7 Å². The van der Waals surface area contributed by atoms with Crippen molar-refractivity contribution in [2.45, 2.75) is 78.5 Å². The zero-order chi connectivity index (χ0) is 23.2. The van der Waals surface area contributed by atoms with Crippen molar-refractivity contribution in [2.75, 3.05) is 0 Å². The molecule has 1 aliphatic rings. The van der Waals surface area contributed by atoms with Gasteiger partial charge in [0.25, 0.3) is 5.56 Å². The lowest BCUT2D eigenvalue weighted by Crippen LogP contribution is -2.31. The molecule has 0 unspecified atom stereocenters. The van der Waals surface area contributed by atoms with Gasteiger partial charge in [0.2, 0.25) is 0 Å². The van der Waals surface area contributed by atoms with E-state index in [-0.39, 0.29) is 29.0 Å². The van der Waals surface area contributed by atoms with E-state index in [1.54, 1.807) is 13.0 Å². The van der Waals surface area contributed by atoms with Gasteiger partial charge in [-0.2, -0.15) is 4.68 Å². The lowest BCUT2D eigenvalue weighted by Gasteiger charge is -2.31. The maximum Gasteiger partial charge on any atom is 0.350 e. The zero-order valence-electron chi connectivity index (χ0n) is 19.1. The second-order valence-corrected chi connectivity index (χ2v) is 9.14. The molecule has 32 heavy (non-hydrogen) atoms. The minimum atomic E-state index is -0.689. The fourth-order valence-electron chi connectivity index (χ4n) is 5.00. The number of fused-ring (bicyclic) bond motifs is 1. The van der Waals surface area contributed by atoms with Crippen molar-refractivity contribution in [3.8, 4) is 5.69 Å². The van der Waals surface area contributed by atoms with Crippen molar-refractivity contribution >= 4 is 10.8 Å². The van der Waals surface area contributed by atoms with Crippen LogP contribution in [0.4, 0.5) is 4.39 Å². The van der Waals surface area contributed by atoms with E-state index in [2.05, 4.69) is 12.0 Å². The van der Waals surface area contributed by atoms with E-state index in [0.717, 1.165) is 29.5 Å². The van der Waals surface area contributed by atoms with Crippen LogP contribution in [-0.4, -0.2) is 24.0 Å². The van der Waals surface area contributed by atoms with Crippen LogP contribution in [-0.2, 0) is 13.2 Å². The predicted octanol–water partition coefficient (Wildman–Crippen LogP) is 3.87. The first-order chi connectivity index (χ1) is 15.3. The SMILES string of the molecule is CCn1c(CO)nn(-c2cc3c(C(C)C)cn([C@@H]4CCCC[C@H]4C)c(=O)c3cc2F)c1=O. The molecule has 0 saturated heterocycles. The lowest BCUT2D eigenvalue weighted by atomic mass is 9.85. The Balaban J connectivity index is 1.98. The Bertz CT molecular complexity index is 1270. The van der Waals surface area contributed by atoms with E-state index < -0.39 is 18.1 Å². The predicted molar refractivity (Wildman–Crippen MR) is 122 cm³/mol. The first kappa shape index (κ1) is 22.5. The van der Waals surface area contributed by atoms with Crippen molar-refractivity contribution in [3.63, 3.8) is 0 Å². The van der Waals surface area contributed by atoms with Crippen molar-refractivity contribution in [1.29, 1.82) is 0 Å². The number of hydrogen-bond acceptors (Lipinski definition) is 4. The number of rotatable bonds is 5. The molecule has 1 saturated carbocycles. The van der Waals surface area contributed by atoms with Crippen molar-refractivity contribution in [1.82, 2.24) is 18.9 Å². The summed E-state index contributed by atoms with van der Waals surface area (Å²) in [5.74, 6) is -0.0372. The average Bonchev–Trinajstić information content (AvgIpc) is 3.09. The summed E-state index contributed by atoms with van der Waals surface area (Å²) in [6.45, 7) is 7.90. The van der Waals surface area contributed by atoms with Gasteiger partial charge in [0.05, 0.1) is 5.39 Å². The smallest absolute Gasteiger partial charge is 0.350 e. The second-order valence-electron chi connectivity index (χ2n) is 9.14. The number of nitrogens with zero attached hydrogens (tertiary/aromatic N) is 4. The van der Waals surface area contributed by atoms with Gasteiger partial charge < -0.3 is 9.67 Å². The summed E-state index contributed by atoms with van der Waals surface area (Å²) < 4.78 is 19.4. The normalized spacial score (nSPS) is 19.2. The van der Waals surface area contributed by atoms with Crippen LogP contribution in [0, 0.1) is 11.7 Å². The van der Waals surface area contributed by atoms with E-state index in [0.29, 0.717) is 23.2 Å². The standard InChI is InChI=1S/C24H31FN4O3/c1-5-27-22(13-30)26-29(24(27)32)21-11-16-17(10-19(21)25)23(31)28(12-18(16)14(2)3)20-9-7-6-8-15(20)4/h10-12,14-15,20,30H,5-9,13H2,1-4H3/t15-,20-/m1/s1. The van der Waals surface area contributed by atoms with E-state index in [1.165, 1.54) is 17.1 Å². The summed E-state index contributed by atoms with van der Waals surface area (Å²) >= 11 is 0.